The number of nitrogen functional groups attached to an aromatic ring is 1. The Morgan fingerprint density at radius 1 is 1.30 bits per heavy atom. The van der Waals surface area contributed by atoms with Crippen molar-refractivity contribution in [3.05, 3.63) is 35.2 Å². The maximum atomic E-state index is 10.9. The topological polar surface area (TPSA) is 159 Å². The number of amides is 1. The Kier molecular flexibility index (Phi) is 6.76. The Bertz CT molecular complexity index is 731. The van der Waals surface area contributed by atoms with Crippen molar-refractivity contribution >= 4 is 51.9 Å². The molecule has 0 aliphatic carbocycles. The van der Waals surface area contributed by atoms with Gasteiger partial charge in [-0.05, 0) is 15.9 Å². The number of nitrogens with two attached hydrogens (primary N) is 1. The van der Waals surface area contributed by atoms with Crippen molar-refractivity contribution in [3.63, 3.8) is 0 Å². The number of carbonyl (C=O) groups is 1. The number of phenols is 1. The van der Waals surface area contributed by atoms with Gasteiger partial charge in [0.1, 0.15) is 4.60 Å². The smallest absolute Gasteiger partial charge is 0.156 e. The van der Waals surface area contributed by atoms with Crippen LogP contribution in [-0.4, -0.2) is 43.3 Å². The Labute approximate surface area is 142 Å². The number of aromatic nitrogens is 2. The number of nitrogens with zero attached hydrogens (tertiary/aromatic N) is 2. The number of halogens is 1. The van der Waals surface area contributed by atoms with Crippen LogP contribution in [0.1, 0.15) is 6.92 Å². The molecule has 1 aromatic carbocycles. The molecule has 1 aromatic heterocycles. The van der Waals surface area contributed by atoms with Crippen LogP contribution in [0.2, 0.25) is 0 Å². The van der Waals surface area contributed by atoms with E-state index in [0.29, 0.717) is 10.4 Å². The number of nitrogens with one attached hydrogen (secondary N) is 1. The first-order valence-electron chi connectivity index (χ1n) is 6.00. The van der Waals surface area contributed by atoms with E-state index >= 15 is 0 Å². The quantitative estimate of drug-likeness (QED) is 0.310. The predicted molar refractivity (Wildman–Crippen MR) is 87.1 cm³/mol. The van der Waals surface area contributed by atoms with Crippen molar-refractivity contribution in [1.29, 1.82) is 0 Å². The van der Waals surface area contributed by atoms with Crippen LogP contribution in [0.4, 0.5) is 11.5 Å². The molecule has 0 unspecified atom stereocenters. The number of aromatic hydroxyl groups is 1. The molecule has 23 heavy (non-hydrogen) atoms. The van der Waals surface area contributed by atoms with E-state index < -0.39 is 20.1 Å². The van der Waals surface area contributed by atoms with Crippen LogP contribution in [0.5, 0.6) is 5.75 Å². The zero-order valence-electron chi connectivity index (χ0n) is 11.8. The van der Waals surface area contributed by atoms with Gasteiger partial charge in [0.15, 0.2) is 5.82 Å². The van der Waals surface area contributed by atoms with Crippen molar-refractivity contribution in [3.8, 4) is 5.75 Å². The third-order valence-corrected chi connectivity index (χ3v) is 4.91. The monoisotopic (exact) mass is 448 g/mol. The van der Waals surface area contributed by atoms with Gasteiger partial charge in [-0.3, -0.25) is 0 Å². The maximum Gasteiger partial charge on any atom is 0.156 e. The number of rotatable bonds is 2. The van der Waals surface area contributed by atoms with Gasteiger partial charge < -0.3 is 5.73 Å². The van der Waals surface area contributed by atoms with Crippen molar-refractivity contribution in [1.82, 2.24) is 9.97 Å². The van der Waals surface area contributed by atoms with Crippen LogP contribution in [-0.2, 0) is 8.53 Å². The molecule has 0 radical (unpaired) electrons. The Morgan fingerprint density at radius 3 is 2.35 bits per heavy atom. The Morgan fingerprint density at radius 2 is 1.91 bits per heavy atom. The van der Waals surface area contributed by atoms with Gasteiger partial charge in [-0.2, -0.15) is 0 Å². The molecule has 1 amide bonds. The van der Waals surface area contributed by atoms with E-state index in [1.54, 1.807) is 12.4 Å². The predicted octanol–water partition coefficient (Wildman–Crippen LogP) is -0.267. The molecule has 0 aliphatic rings. The first-order chi connectivity index (χ1) is 10.6. The van der Waals surface area contributed by atoms with Crippen LogP contribution in [0.25, 0.3) is 0 Å². The molecule has 0 bridgehead atoms. The number of anilines is 2. The van der Waals surface area contributed by atoms with Gasteiger partial charge in [0, 0.05) is 12.4 Å². The van der Waals surface area contributed by atoms with Crippen molar-refractivity contribution in [2.24, 2.45) is 0 Å². The van der Waals surface area contributed by atoms with Gasteiger partial charge in [-0.25, -0.2) is 9.97 Å². The zero-order valence-corrected chi connectivity index (χ0v) is 15.3. The van der Waals surface area contributed by atoms with E-state index in [1.807, 2.05) is 0 Å². The molecule has 6 N–H and O–H groups in total. The standard InChI is InChI=1S/C8H10AsNO5.C4H4BrN3/c1-5(11)10-7-4-6(9(13,14)15)2-3-8(7)12;5-3-4(6)8-2-1-7-3/h2-4,12H,1H3,(H,10,11)(H2,13,14,15);1-2H,(H2,6,8). The summed E-state index contributed by atoms with van der Waals surface area (Å²) >= 11 is -1.89. The molecular formula is C12H14AsBrN4O5. The van der Waals surface area contributed by atoms with E-state index in [1.165, 1.54) is 6.92 Å². The molecular weight excluding hydrogens is 435 g/mol. The third kappa shape index (κ3) is 6.41. The van der Waals surface area contributed by atoms with Gasteiger partial charge in [0.25, 0.3) is 0 Å². The average Bonchev–Trinajstić information content (AvgIpc) is 2.43. The first kappa shape index (κ1) is 19.2. The van der Waals surface area contributed by atoms with E-state index in [0.717, 1.165) is 18.2 Å². The van der Waals surface area contributed by atoms with E-state index in [9.17, 15) is 13.6 Å². The summed E-state index contributed by atoms with van der Waals surface area (Å²) in [7, 11) is 0. The maximum absolute atomic E-state index is 10.9. The molecule has 9 nitrogen and oxygen atoms in total. The summed E-state index contributed by atoms with van der Waals surface area (Å²) in [6, 6.07) is 3.32. The Hall–Kier alpha value is -1.87. The van der Waals surface area contributed by atoms with Crippen LogP contribution in [0.3, 0.4) is 0 Å². The molecule has 0 aliphatic heterocycles. The summed E-state index contributed by atoms with van der Waals surface area (Å²) in [5.74, 6) is -0.245. The molecule has 0 fully saturated rings. The fraction of sp³-hybridized carbons (Fsp3) is 0.0833. The van der Waals surface area contributed by atoms with E-state index in [-0.39, 0.29) is 15.8 Å². The first-order valence-corrected chi connectivity index (χ1v) is 10.2. The number of hydrogen-bond acceptors (Lipinski definition) is 6. The van der Waals surface area contributed by atoms with Crippen LogP contribution < -0.4 is 15.4 Å². The van der Waals surface area contributed by atoms with Crippen LogP contribution in [0.15, 0.2) is 35.2 Å². The summed E-state index contributed by atoms with van der Waals surface area (Å²) in [4.78, 5) is 18.3. The Balaban J connectivity index is 0.000000277. The number of hydrogen-bond donors (Lipinski definition) is 5. The second kappa shape index (κ2) is 8.11. The fourth-order valence-electron chi connectivity index (χ4n) is 1.33. The van der Waals surface area contributed by atoms with Gasteiger partial charge >= 0.3 is 88.1 Å². The second-order valence-corrected chi connectivity index (χ2v) is 8.28. The molecule has 124 valence electrons. The average molecular weight is 449 g/mol. The van der Waals surface area contributed by atoms with Gasteiger partial charge in [-0.1, -0.05) is 0 Å². The fourth-order valence-corrected chi connectivity index (χ4v) is 2.73. The number of phenolic OH excluding ortho intramolecular Hbond substituents is 1. The summed E-state index contributed by atoms with van der Waals surface area (Å²) < 4.78 is 29.2. The van der Waals surface area contributed by atoms with Gasteiger partial charge in [0.2, 0.25) is 0 Å². The normalized spacial score (nSPS) is 10.4. The van der Waals surface area contributed by atoms with Gasteiger partial charge in [-0.15, -0.1) is 0 Å². The molecule has 2 aromatic rings. The molecule has 1 heterocycles. The van der Waals surface area contributed by atoms with Crippen molar-refractivity contribution < 1.29 is 21.8 Å². The molecule has 0 saturated heterocycles. The van der Waals surface area contributed by atoms with E-state index in [4.69, 9.17) is 13.9 Å². The summed E-state index contributed by atoms with van der Waals surface area (Å²) in [6.07, 6.45) is 3.11. The zero-order chi connectivity index (χ0) is 17.6. The minimum Gasteiger partial charge on any atom is -0.381 e. The molecule has 0 saturated carbocycles. The summed E-state index contributed by atoms with van der Waals surface area (Å²) in [5, 5.41) is 11.6. The van der Waals surface area contributed by atoms with Crippen molar-refractivity contribution in [2.45, 2.75) is 6.92 Å². The number of benzene rings is 1. The second-order valence-electron chi connectivity index (χ2n) is 4.16. The van der Waals surface area contributed by atoms with Gasteiger partial charge in [0.05, 0.1) is 0 Å². The molecule has 0 atom stereocenters. The summed E-state index contributed by atoms with van der Waals surface area (Å²) in [6.45, 7) is 1.23. The minimum absolute atomic E-state index is 0.00951. The van der Waals surface area contributed by atoms with E-state index in [2.05, 4.69) is 31.2 Å². The third-order valence-electron chi connectivity index (χ3n) is 2.31. The van der Waals surface area contributed by atoms with Crippen LogP contribution in [0, 0.1) is 0 Å². The largest absolute Gasteiger partial charge is 0.381 e. The number of carbonyl (C=O) groups excluding carboxylic acids is 1. The van der Waals surface area contributed by atoms with Crippen molar-refractivity contribution in [2.75, 3.05) is 11.1 Å². The molecule has 2 rings (SSSR count). The SMILES string of the molecule is CC(=O)Nc1cc([As](=O)(O)O)ccc1O.Nc1nccnc1Br. The summed E-state index contributed by atoms with van der Waals surface area (Å²) in [5.41, 5.74) is 5.29. The molecule has 0 spiro atoms. The minimum atomic E-state index is -4.98. The van der Waals surface area contributed by atoms with Crippen LogP contribution >= 0.6 is 15.9 Å². The molecule has 11 heteroatoms.